The highest BCUT2D eigenvalue weighted by Crippen LogP contribution is 2.38. The van der Waals surface area contributed by atoms with Gasteiger partial charge in [-0.25, -0.2) is 4.98 Å². The third-order valence-electron chi connectivity index (χ3n) is 4.27. The molecular weight excluding hydrogens is 252 g/mol. The zero-order valence-electron chi connectivity index (χ0n) is 12.0. The van der Waals surface area contributed by atoms with Crippen LogP contribution in [0.1, 0.15) is 44.3 Å². The number of aryl methyl sites for hydroxylation is 1. The van der Waals surface area contributed by atoms with E-state index in [0.717, 1.165) is 35.8 Å². The molecular formula is C15H20N4O. The number of H-pyrrole nitrogens is 1. The molecule has 5 heteroatoms. The van der Waals surface area contributed by atoms with E-state index in [-0.39, 0.29) is 5.56 Å². The molecule has 1 saturated carbocycles. The number of hydrogen-bond acceptors (Lipinski definition) is 3. The monoisotopic (exact) mass is 272 g/mol. The van der Waals surface area contributed by atoms with Gasteiger partial charge in [0.1, 0.15) is 5.82 Å². The summed E-state index contributed by atoms with van der Waals surface area (Å²) in [6.07, 6.45) is 8.34. The lowest BCUT2D eigenvalue weighted by atomic mass is 10.0. The van der Waals surface area contributed by atoms with E-state index in [1.165, 1.54) is 12.8 Å². The fraction of sp³-hybridized carbons (Fsp3) is 0.533. The second-order valence-corrected chi connectivity index (χ2v) is 5.70. The van der Waals surface area contributed by atoms with Crippen LogP contribution in [-0.2, 0) is 7.05 Å². The van der Waals surface area contributed by atoms with E-state index < -0.39 is 0 Å². The molecule has 0 aromatic carbocycles. The van der Waals surface area contributed by atoms with Crippen LogP contribution in [-0.4, -0.2) is 19.7 Å². The predicted molar refractivity (Wildman–Crippen MR) is 77.4 cm³/mol. The molecule has 1 N–H and O–H groups in total. The molecule has 0 aliphatic heterocycles. The molecule has 106 valence electrons. The summed E-state index contributed by atoms with van der Waals surface area (Å²) in [7, 11) is 1.86. The van der Waals surface area contributed by atoms with Gasteiger partial charge in [-0.05, 0) is 25.2 Å². The Hall–Kier alpha value is -1.91. The van der Waals surface area contributed by atoms with E-state index in [4.69, 9.17) is 0 Å². The van der Waals surface area contributed by atoms with Gasteiger partial charge in [0.15, 0.2) is 0 Å². The number of hydrogen-bond donors (Lipinski definition) is 1. The Kier molecular flexibility index (Phi) is 3.42. The molecule has 1 aliphatic rings. The average Bonchev–Trinajstić information content (AvgIpc) is 3.06. The molecule has 0 amide bonds. The molecule has 0 bridgehead atoms. The van der Waals surface area contributed by atoms with Crippen LogP contribution in [0.15, 0.2) is 23.3 Å². The van der Waals surface area contributed by atoms with Gasteiger partial charge < -0.3 is 4.98 Å². The molecule has 3 rings (SSSR count). The Morgan fingerprint density at radius 2 is 2.30 bits per heavy atom. The molecule has 2 atom stereocenters. The van der Waals surface area contributed by atoms with Crippen molar-refractivity contribution in [1.82, 2.24) is 19.7 Å². The van der Waals surface area contributed by atoms with Crippen LogP contribution >= 0.6 is 0 Å². The van der Waals surface area contributed by atoms with Crippen molar-refractivity contribution in [3.8, 4) is 11.3 Å². The second-order valence-electron chi connectivity index (χ2n) is 5.70. The number of aromatic nitrogens is 4. The Morgan fingerprint density at radius 3 is 2.95 bits per heavy atom. The average molecular weight is 272 g/mol. The molecule has 0 radical (unpaired) electrons. The van der Waals surface area contributed by atoms with E-state index >= 15 is 0 Å². The highest BCUT2D eigenvalue weighted by Gasteiger charge is 2.26. The quantitative estimate of drug-likeness (QED) is 0.933. The Labute approximate surface area is 118 Å². The topological polar surface area (TPSA) is 63.6 Å². The van der Waals surface area contributed by atoms with E-state index in [9.17, 15) is 4.79 Å². The minimum atomic E-state index is -0.0752. The van der Waals surface area contributed by atoms with Crippen molar-refractivity contribution >= 4 is 0 Å². The van der Waals surface area contributed by atoms with Crippen molar-refractivity contribution < 1.29 is 0 Å². The molecule has 1 aliphatic carbocycles. The smallest absolute Gasteiger partial charge is 0.251 e. The SMILES string of the molecule is CCC1CCC(c2nc(-c3cnn(C)c3)cc(=O)[nH]2)C1. The van der Waals surface area contributed by atoms with Gasteiger partial charge in [-0.3, -0.25) is 9.48 Å². The van der Waals surface area contributed by atoms with Crippen molar-refractivity contribution in [3.05, 3.63) is 34.6 Å². The summed E-state index contributed by atoms with van der Waals surface area (Å²) < 4.78 is 1.72. The van der Waals surface area contributed by atoms with Gasteiger partial charge in [0.25, 0.3) is 5.56 Å². The van der Waals surface area contributed by atoms with Gasteiger partial charge in [0.05, 0.1) is 11.9 Å². The summed E-state index contributed by atoms with van der Waals surface area (Å²) in [5.74, 6) is 2.00. The number of nitrogens with zero attached hydrogens (tertiary/aromatic N) is 3. The minimum absolute atomic E-state index is 0.0752. The number of aromatic amines is 1. The highest BCUT2D eigenvalue weighted by molar-refractivity contribution is 5.56. The fourth-order valence-corrected chi connectivity index (χ4v) is 3.07. The first-order valence-corrected chi connectivity index (χ1v) is 7.26. The normalized spacial score (nSPS) is 22.3. The summed E-state index contributed by atoms with van der Waals surface area (Å²) in [5.41, 5.74) is 1.54. The Morgan fingerprint density at radius 1 is 1.45 bits per heavy atom. The first-order valence-electron chi connectivity index (χ1n) is 7.26. The van der Waals surface area contributed by atoms with Crippen LogP contribution in [0.4, 0.5) is 0 Å². The molecule has 0 saturated heterocycles. The molecule has 1 fully saturated rings. The zero-order valence-corrected chi connectivity index (χ0v) is 12.0. The Bertz CT molecular complexity index is 658. The molecule has 2 heterocycles. The molecule has 20 heavy (non-hydrogen) atoms. The molecule has 2 aromatic heterocycles. The van der Waals surface area contributed by atoms with Crippen LogP contribution in [0, 0.1) is 5.92 Å². The molecule has 2 unspecified atom stereocenters. The third-order valence-corrected chi connectivity index (χ3v) is 4.27. The molecule has 2 aromatic rings. The zero-order chi connectivity index (χ0) is 14.1. The Balaban J connectivity index is 1.93. The van der Waals surface area contributed by atoms with Crippen LogP contribution in [0.3, 0.4) is 0 Å². The van der Waals surface area contributed by atoms with Crippen LogP contribution in [0.25, 0.3) is 11.3 Å². The van der Waals surface area contributed by atoms with Gasteiger partial charge in [-0.15, -0.1) is 0 Å². The predicted octanol–water partition coefficient (Wildman–Crippen LogP) is 2.46. The summed E-state index contributed by atoms with van der Waals surface area (Å²) in [4.78, 5) is 19.5. The molecule has 0 spiro atoms. The first-order chi connectivity index (χ1) is 9.65. The lowest BCUT2D eigenvalue weighted by Gasteiger charge is -2.10. The van der Waals surface area contributed by atoms with Crippen molar-refractivity contribution in [2.45, 2.75) is 38.5 Å². The van der Waals surface area contributed by atoms with Gasteiger partial charge in [-0.2, -0.15) is 5.10 Å². The van der Waals surface area contributed by atoms with Crippen molar-refractivity contribution in [3.63, 3.8) is 0 Å². The lowest BCUT2D eigenvalue weighted by Crippen LogP contribution is -2.13. The van der Waals surface area contributed by atoms with E-state index in [0.29, 0.717) is 5.92 Å². The number of rotatable bonds is 3. The van der Waals surface area contributed by atoms with Gasteiger partial charge in [0, 0.05) is 30.8 Å². The maximum Gasteiger partial charge on any atom is 0.251 e. The van der Waals surface area contributed by atoms with Crippen molar-refractivity contribution in [2.24, 2.45) is 13.0 Å². The summed E-state index contributed by atoms with van der Waals surface area (Å²) in [6, 6.07) is 1.55. The summed E-state index contributed by atoms with van der Waals surface area (Å²) in [6.45, 7) is 2.23. The van der Waals surface area contributed by atoms with Crippen LogP contribution in [0.2, 0.25) is 0 Å². The van der Waals surface area contributed by atoms with Gasteiger partial charge >= 0.3 is 0 Å². The van der Waals surface area contributed by atoms with Gasteiger partial charge in [0.2, 0.25) is 0 Å². The fourth-order valence-electron chi connectivity index (χ4n) is 3.07. The van der Waals surface area contributed by atoms with E-state index in [1.54, 1.807) is 16.9 Å². The largest absolute Gasteiger partial charge is 0.310 e. The van der Waals surface area contributed by atoms with Crippen molar-refractivity contribution in [1.29, 1.82) is 0 Å². The van der Waals surface area contributed by atoms with Crippen LogP contribution < -0.4 is 5.56 Å². The highest BCUT2D eigenvalue weighted by atomic mass is 16.1. The molecule has 5 nitrogen and oxygen atoms in total. The van der Waals surface area contributed by atoms with Crippen molar-refractivity contribution in [2.75, 3.05) is 0 Å². The maximum absolute atomic E-state index is 11.9. The summed E-state index contributed by atoms with van der Waals surface area (Å²) in [5, 5.41) is 4.14. The van der Waals surface area contributed by atoms with Gasteiger partial charge in [-0.1, -0.05) is 13.3 Å². The minimum Gasteiger partial charge on any atom is -0.310 e. The summed E-state index contributed by atoms with van der Waals surface area (Å²) >= 11 is 0. The lowest BCUT2D eigenvalue weighted by molar-refractivity contribution is 0.516. The second kappa shape index (κ2) is 5.23. The standard InChI is InChI=1S/C15H20N4O/c1-3-10-4-5-11(6-10)15-17-13(7-14(20)18-15)12-8-16-19(2)9-12/h7-11H,3-6H2,1-2H3,(H,17,18,20). The number of nitrogens with one attached hydrogen (secondary N) is 1. The van der Waals surface area contributed by atoms with E-state index in [1.807, 2.05) is 13.2 Å². The maximum atomic E-state index is 11.9. The first kappa shape index (κ1) is 13.1. The third kappa shape index (κ3) is 2.53. The van der Waals surface area contributed by atoms with E-state index in [2.05, 4.69) is 22.0 Å². The van der Waals surface area contributed by atoms with Crippen LogP contribution in [0.5, 0.6) is 0 Å².